The molecule has 12 heterocycles. The third-order valence-electron chi connectivity index (χ3n) is 29.3. The zero-order valence-electron chi connectivity index (χ0n) is 59.7. The third-order valence-corrected chi connectivity index (χ3v) is 29.3. The lowest BCUT2D eigenvalue weighted by molar-refractivity contribution is -0.528. The van der Waals surface area contributed by atoms with Gasteiger partial charge < -0.3 is 78.7 Å². The Kier molecular flexibility index (Phi) is 17.5. The maximum Gasteiger partial charge on any atom is 0.196 e. The van der Waals surface area contributed by atoms with Gasteiger partial charge in [0.2, 0.25) is 0 Å². The molecule has 20 aliphatic rings. The van der Waals surface area contributed by atoms with Crippen molar-refractivity contribution in [2.75, 3.05) is 0 Å². The van der Waals surface area contributed by atoms with Crippen LogP contribution in [0.3, 0.4) is 0 Å². The summed E-state index contributed by atoms with van der Waals surface area (Å²) in [5.41, 5.74) is 2.40. The molecule has 20 rings (SSSR count). The fourth-order valence-corrected chi connectivity index (χ4v) is 22.5. The molecule has 8 saturated carbocycles. The normalized spacial score (nSPS) is 53.2. The first-order chi connectivity index (χ1) is 44.6. The van der Waals surface area contributed by atoms with Gasteiger partial charge in [0.15, 0.2) is 46.3 Å². The molecule has 20 fully saturated rings. The minimum atomic E-state index is -1.31. The van der Waals surface area contributed by atoms with Crippen molar-refractivity contribution in [3.63, 3.8) is 0 Å². The Morgan fingerprint density at radius 3 is 0.375 bits per heavy atom. The monoisotopic (exact) mass is 1340 g/mol. The Balaban J connectivity index is 0.000000116. The first kappa shape index (κ1) is 71.7. The van der Waals surface area contributed by atoms with Gasteiger partial charge in [0.1, 0.15) is 44.8 Å². The largest absolute Gasteiger partial charge is 0.363 e. The van der Waals surface area contributed by atoms with Crippen LogP contribution in [0.25, 0.3) is 0 Å². The predicted molar refractivity (Wildman–Crippen MR) is 364 cm³/mol. The standard InChI is InChI=1S/4C20H30O4/c4*1-13(2)15-5-7-17-9-10-18(23-19(17,21)11-15)8-6-16(14(3)4)12-20(18,22)24-17/h4*15-16,21-22H,1,3,5-12H2,2,4H3/t4*15-,16-,17+,18+,19-,20-/m1111/s1. The van der Waals surface area contributed by atoms with Crippen molar-refractivity contribution in [3.05, 3.63) is 97.2 Å². The second-order valence-electron chi connectivity index (χ2n) is 35.3. The zero-order valence-corrected chi connectivity index (χ0v) is 59.7. The molecule has 96 heavy (non-hydrogen) atoms. The molecule has 0 unspecified atom stereocenters. The van der Waals surface area contributed by atoms with Crippen LogP contribution in [0.15, 0.2) is 97.2 Å². The number of allylic oxidation sites excluding steroid dienone is 8. The highest BCUT2D eigenvalue weighted by Gasteiger charge is 2.80. The van der Waals surface area contributed by atoms with E-state index in [1.54, 1.807) is 0 Å². The molecule has 12 saturated heterocycles. The molecule has 8 bridgehead atoms. The molecule has 536 valence electrons. The van der Waals surface area contributed by atoms with Crippen molar-refractivity contribution >= 4 is 0 Å². The Morgan fingerprint density at radius 1 is 0.198 bits per heavy atom. The molecule has 0 aromatic heterocycles. The quantitative estimate of drug-likeness (QED) is 0.106. The minimum absolute atomic E-state index is 0.250. The Bertz CT molecular complexity index is 2610. The first-order valence-electron chi connectivity index (χ1n) is 37.2. The molecule has 8 spiro atoms. The summed E-state index contributed by atoms with van der Waals surface area (Å²) in [5.74, 6) is -8.48. The predicted octanol–water partition coefficient (Wildman–Crippen LogP) is 13.7. The number of hydrogen-bond acceptors (Lipinski definition) is 16. The minimum Gasteiger partial charge on any atom is -0.363 e. The lowest BCUT2D eigenvalue weighted by atomic mass is 9.59. The van der Waals surface area contributed by atoms with Gasteiger partial charge >= 0.3 is 0 Å². The molecular weight excluding hydrogens is 1220 g/mol. The van der Waals surface area contributed by atoms with E-state index in [1.807, 2.05) is 55.4 Å². The maximum absolute atomic E-state index is 11.4. The highest BCUT2D eigenvalue weighted by atomic mass is 16.8. The van der Waals surface area contributed by atoms with Gasteiger partial charge in [-0.05, 0) is 257 Å². The van der Waals surface area contributed by atoms with E-state index in [2.05, 4.69) is 52.6 Å². The van der Waals surface area contributed by atoms with Gasteiger partial charge in [-0.1, -0.05) is 97.2 Å². The zero-order chi connectivity index (χ0) is 69.5. The second-order valence-corrected chi connectivity index (χ2v) is 35.3. The Hall–Kier alpha value is -2.72. The van der Waals surface area contributed by atoms with Crippen LogP contribution in [0.2, 0.25) is 0 Å². The van der Waals surface area contributed by atoms with Gasteiger partial charge in [0.05, 0.1) is 0 Å². The third kappa shape index (κ3) is 10.6. The van der Waals surface area contributed by atoms with Crippen LogP contribution in [-0.2, 0) is 37.9 Å². The van der Waals surface area contributed by atoms with Gasteiger partial charge in [-0.25, -0.2) is 0 Å². The summed E-state index contributed by atoms with van der Waals surface area (Å²) >= 11 is 0. The highest BCUT2D eigenvalue weighted by molar-refractivity contribution is 5.26. The molecule has 0 radical (unpaired) electrons. The van der Waals surface area contributed by atoms with Gasteiger partial charge in [0.25, 0.3) is 0 Å². The summed E-state index contributed by atoms with van der Waals surface area (Å²) in [6.45, 7) is 48.6. The molecule has 16 heteroatoms. The van der Waals surface area contributed by atoms with E-state index < -0.39 is 91.1 Å². The summed E-state index contributed by atoms with van der Waals surface area (Å²) in [5, 5.41) is 91.2. The number of fused-ring (bicyclic) bond motifs is 4. The van der Waals surface area contributed by atoms with Crippen molar-refractivity contribution in [1.29, 1.82) is 0 Å². The topological polar surface area (TPSA) is 236 Å². The molecular formula is C80H120O16. The SMILES string of the molecule is C=C(C)[C@@H]1CC[C@@]23CC[C@]4(CC[C@@H](C(=C)C)C[C@@]4(O)O2)O[C@]3(O)C1.C=C(C)[C@@H]1CC[C@@]23CC[C@]4(CC[C@@H](C(=C)C)C[C@@]4(O)O2)O[C@]3(O)C1.C=C(C)[C@@H]1CC[C@@]23CC[C@]4(CC[C@@H](C(=C)C)C[C@@]4(O)O2)O[C@]3(O)C1.C=C(C)[C@@H]1CC[C@@]23CC[C@]4(CC[C@@H](C(=C)C)C[C@@]4(O)O2)O[C@]3(O)C1. The van der Waals surface area contributed by atoms with Gasteiger partial charge in [-0.3, -0.25) is 0 Å². The van der Waals surface area contributed by atoms with Gasteiger partial charge in [-0.15, -0.1) is 0 Å². The number of rotatable bonds is 8. The van der Waals surface area contributed by atoms with Crippen LogP contribution in [0.4, 0.5) is 0 Å². The van der Waals surface area contributed by atoms with Crippen LogP contribution in [0.1, 0.15) is 261 Å². The fourth-order valence-electron chi connectivity index (χ4n) is 22.5. The highest BCUT2D eigenvalue weighted by Crippen LogP contribution is 2.70. The smallest absolute Gasteiger partial charge is 0.196 e. The van der Waals surface area contributed by atoms with Crippen molar-refractivity contribution < 1.29 is 78.7 Å². The summed E-state index contributed by atoms with van der Waals surface area (Å²) in [7, 11) is 0. The molecule has 8 N–H and O–H groups in total. The van der Waals surface area contributed by atoms with Crippen LogP contribution in [0.5, 0.6) is 0 Å². The summed E-state index contributed by atoms with van der Waals surface area (Å²) in [4.78, 5) is 0. The van der Waals surface area contributed by atoms with Crippen LogP contribution >= 0.6 is 0 Å². The summed E-state index contributed by atoms with van der Waals surface area (Å²) in [6, 6.07) is 0. The van der Waals surface area contributed by atoms with E-state index in [1.165, 1.54) is 0 Å². The van der Waals surface area contributed by atoms with E-state index in [0.29, 0.717) is 103 Å². The second kappa shape index (κ2) is 23.4. The molecule has 12 aliphatic heterocycles. The van der Waals surface area contributed by atoms with Crippen molar-refractivity contribution in [1.82, 2.24) is 0 Å². The Morgan fingerprint density at radius 2 is 0.292 bits per heavy atom. The van der Waals surface area contributed by atoms with E-state index in [9.17, 15) is 40.9 Å². The van der Waals surface area contributed by atoms with Crippen molar-refractivity contribution in [3.8, 4) is 0 Å². The first-order valence-corrected chi connectivity index (χ1v) is 37.2. The summed E-state index contributed by atoms with van der Waals surface area (Å²) in [6.07, 6.45) is 23.2. The van der Waals surface area contributed by atoms with Gasteiger partial charge in [0, 0.05) is 51.4 Å². The van der Waals surface area contributed by atoms with Crippen LogP contribution in [-0.4, -0.2) is 132 Å². The Labute approximate surface area is 572 Å². The summed E-state index contributed by atoms with van der Waals surface area (Å²) < 4.78 is 51.0. The van der Waals surface area contributed by atoms with Gasteiger partial charge in [-0.2, -0.15) is 0 Å². The van der Waals surface area contributed by atoms with Crippen molar-refractivity contribution in [2.24, 2.45) is 47.3 Å². The maximum atomic E-state index is 11.4. The molecule has 8 aliphatic carbocycles. The van der Waals surface area contributed by atoms with Crippen LogP contribution in [0, 0.1) is 47.3 Å². The lowest BCUT2D eigenvalue weighted by Crippen LogP contribution is -2.81. The van der Waals surface area contributed by atoms with E-state index in [-0.39, 0.29) is 47.3 Å². The fraction of sp³-hybridized carbons (Fsp3) is 0.800. The average molecular weight is 1340 g/mol. The van der Waals surface area contributed by atoms with E-state index in [0.717, 1.165) is 147 Å². The van der Waals surface area contributed by atoms with E-state index in [4.69, 9.17) is 37.9 Å². The molecule has 0 aromatic carbocycles. The van der Waals surface area contributed by atoms with Crippen LogP contribution < -0.4 is 0 Å². The molecule has 24 atom stereocenters. The molecule has 0 amide bonds. The average Bonchev–Trinajstić information content (AvgIpc) is 0.700. The number of ether oxygens (including phenoxy) is 8. The lowest BCUT2D eigenvalue weighted by Gasteiger charge is -2.70. The molecule has 16 nitrogen and oxygen atoms in total. The molecule has 0 aromatic rings. The number of aliphatic hydroxyl groups is 8. The number of hydrogen-bond donors (Lipinski definition) is 8. The van der Waals surface area contributed by atoms with E-state index >= 15 is 0 Å². The van der Waals surface area contributed by atoms with Crippen molar-refractivity contribution in [2.45, 2.75) is 352 Å².